The average Bonchev–Trinajstić information content (AvgIpc) is 2.27. The normalized spacial score (nSPS) is 10.8. The molecule has 90 valence electrons. The van der Waals surface area contributed by atoms with Gasteiger partial charge in [-0.2, -0.15) is 0 Å². The van der Waals surface area contributed by atoms with Crippen LogP contribution in [0.25, 0.3) is 0 Å². The molecule has 0 atom stereocenters. The Balaban J connectivity index is 2.89. The lowest BCUT2D eigenvalue weighted by molar-refractivity contribution is 0.0812. The minimum absolute atomic E-state index is 0.00765. The van der Waals surface area contributed by atoms with E-state index in [1.54, 1.807) is 19.3 Å². The summed E-state index contributed by atoms with van der Waals surface area (Å²) in [5.74, 6) is 2.34. The Kier molecular flexibility index (Phi) is 3.90. The van der Waals surface area contributed by atoms with Gasteiger partial charge in [-0.25, -0.2) is 0 Å². The molecule has 1 aromatic rings. The van der Waals surface area contributed by atoms with E-state index in [0.29, 0.717) is 12.1 Å². The topological polar surface area (TPSA) is 33.2 Å². The van der Waals surface area contributed by atoms with E-state index in [-0.39, 0.29) is 11.3 Å². The van der Waals surface area contributed by atoms with Gasteiger partial charge in [0, 0.05) is 24.4 Å². The zero-order chi connectivity index (χ0) is 13.1. The highest BCUT2D eigenvalue weighted by atomic mass is 16.2. The maximum absolute atomic E-state index is 11.9. The molecule has 3 heteroatoms. The van der Waals surface area contributed by atoms with Crippen molar-refractivity contribution in [3.05, 3.63) is 29.6 Å². The van der Waals surface area contributed by atoms with E-state index in [2.05, 4.69) is 31.7 Å². The number of amides is 1. The van der Waals surface area contributed by atoms with E-state index in [1.165, 1.54) is 4.90 Å². The first kappa shape index (κ1) is 13.2. The summed E-state index contributed by atoms with van der Waals surface area (Å²) in [6.07, 6.45) is 6.77. The first-order valence-electron chi connectivity index (χ1n) is 5.51. The van der Waals surface area contributed by atoms with E-state index in [1.807, 2.05) is 6.07 Å². The zero-order valence-corrected chi connectivity index (χ0v) is 10.8. The average molecular weight is 230 g/mol. The van der Waals surface area contributed by atoms with Crippen molar-refractivity contribution in [3.63, 3.8) is 0 Å². The lowest BCUT2D eigenvalue weighted by atomic mass is 9.91. The van der Waals surface area contributed by atoms with E-state index >= 15 is 0 Å². The van der Waals surface area contributed by atoms with Crippen LogP contribution in [0.3, 0.4) is 0 Å². The van der Waals surface area contributed by atoms with Gasteiger partial charge in [0.2, 0.25) is 0 Å². The van der Waals surface area contributed by atoms with Crippen LogP contribution >= 0.6 is 0 Å². The Morgan fingerprint density at radius 1 is 1.47 bits per heavy atom. The molecule has 0 aliphatic heterocycles. The maximum Gasteiger partial charge on any atom is 0.255 e. The molecule has 0 unspecified atom stereocenters. The molecule has 0 spiro atoms. The monoisotopic (exact) mass is 230 g/mol. The molecule has 0 bridgehead atoms. The van der Waals surface area contributed by atoms with E-state index < -0.39 is 0 Å². The third-order valence-electron chi connectivity index (χ3n) is 2.45. The summed E-state index contributed by atoms with van der Waals surface area (Å²) < 4.78 is 0. The van der Waals surface area contributed by atoms with Crippen LogP contribution < -0.4 is 0 Å². The highest BCUT2D eigenvalue weighted by molar-refractivity contribution is 5.93. The number of nitrogens with zero attached hydrogens (tertiary/aromatic N) is 2. The summed E-state index contributed by atoms with van der Waals surface area (Å²) in [6, 6.07) is 3.68. The number of terminal acetylenes is 1. The van der Waals surface area contributed by atoms with Gasteiger partial charge < -0.3 is 4.90 Å². The Morgan fingerprint density at radius 2 is 2.12 bits per heavy atom. The van der Waals surface area contributed by atoms with Gasteiger partial charge in [0.1, 0.15) is 0 Å². The lowest BCUT2D eigenvalue weighted by Gasteiger charge is -2.18. The summed E-state index contributed by atoms with van der Waals surface area (Å²) in [5, 5.41) is 0. The third-order valence-corrected chi connectivity index (χ3v) is 2.45. The fourth-order valence-electron chi connectivity index (χ4n) is 1.39. The molecule has 0 fully saturated rings. The largest absolute Gasteiger partial charge is 0.331 e. The molecule has 17 heavy (non-hydrogen) atoms. The molecule has 1 heterocycles. The molecule has 0 N–H and O–H groups in total. The second-order valence-corrected chi connectivity index (χ2v) is 5.05. The smallest absolute Gasteiger partial charge is 0.255 e. The molecule has 0 aromatic carbocycles. The minimum Gasteiger partial charge on any atom is -0.331 e. The van der Waals surface area contributed by atoms with Gasteiger partial charge in [0.05, 0.1) is 12.1 Å². The van der Waals surface area contributed by atoms with Crippen LogP contribution in [0.5, 0.6) is 0 Å². The van der Waals surface area contributed by atoms with Crippen LogP contribution in [-0.2, 0) is 5.41 Å². The van der Waals surface area contributed by atoms with E-state index in [4.69, 9.17) is 6.42 Å². The number of hydrogen-bond acceptors (Lipinski definition) is 2. The molecule has 0 aliphatic carbocycles. The Bertz CT molecular complexity index is 435. The van der Waals surface area contributed by atoms with Gasteiger partial charge in [-0.15, -0.1) is 6.42 Å². The van der Waals surface area contributed by atoms with Crippen molar-refractivity contribution in [2.75, 3.05) is 13.6 Å². The number of pyridine rings is 1. The van der Waals surface area contributed by atoms with Crippen molar-refractivity contribution in [3.8, 4) is 12.3 Å². The molecular formula is C14H18N2O. The predicted molar refractivity (Wildman–Crippen MR) is 68.7 cm³/mol. The van der Waals surface area contributed by atoms with E-state index in [0.717, 1.165) is 5.69 Å². The predicted octanol–water partition coefficient (Wildman–Crippen LogP) is 2.08. The molecule has 3 nitrogen and oxygen atoms in total. The van der Waals surface area contributed by atoms with Crippen molar-refractivity contribution >= 4 is 5.91 Å². The van der Waals surface area contributed by atoms with Crippen LogP contribution in [0.4, 0.5) is 0 Å². The second-order valence-electron chi connectivity index (χ2n) is 5.05. The molecule has 0 saturated carbocycles. The van der Waals surface area contributed by atoms with Crippen molar-refractivity contribution in [1.29, 1.82) is 0 Å². The lowest BCUT2D eigenvalue weighted by Crippen LogP contribution is -2.27. The van der Waals surface area contributed by atoms with Crippen LogP contribution in [0.1, 0.15) is 36.8 Å². The van der Waals surface area contributed by atoms with Crippen molar-refractivity contribution < 1.29 is 4.79 Å². The molecule has 1 amide bonds. The van der Waals surface area contributed by atoms with Gasteiger partial charge >= 0.3 is 0 Å². The highest BCUT2D eigenvalue weighted by Gasteiger charge is 2.16. The van der Waals surface area contributed by atoms with Crippen LogP contribution in [0, 0.1) is 12.3 Å². The summed E-state index contributed by atoms with van der Waals surface area (Å²) in [6.45, 7) is 6.56. The van der Waals surface area contributed by atoms with Crippen LogP contribution in [0.2, 0.25) is 0 Å². The van der Waals surface area contributed by atoms with Crippen LogP contribution in [-0.4, -0.2) is 29.4 Å². The zero-order valence-electron chi connectivity index (χ0n) is 10.8. The highest BCUT2D eigenvalue weighted by Crippen LogP contribution is 2.19. The second kappa shape index (κ2) is 5.01. The number of carbonyl (C=O) groups is 1. The van der Waals surface area contributed by atoms with Crippen molar-refractivity contribution in [2.45, 2.75) is 26.2 Å². The van der Waals surface area contributed by atoms with Gasteiger partial charge in [-0.1, -0.05) is 26.7 Å². The molecule has 1 aromatic heterocycles. The van der Waals surface area contributed by atoms with Crippen molar-refractivity contribution in [1.82, 2.24) is 9.88 Å². The van der Waals surface area contributed by atoms with Gasteiger partial charge in [-0.3, -0.25) is 9.78 Å². The third kappa shape index (κ3) is 3.32. The quantitative estimate of drug-likeness (QED) is 0.729. The number of hydrogen-bond donors (Lipinski definition) is 0. The summed E-state index contributed by atoms with van der Waals surface area (Å²) in [7, 11) is 1.68. The van der Waals surface area contributed by atoms with Crippen LogP contribution in [0.15, 0.2) is 18.3 Å². The standard InChI is InChI=1S/C14H18N2O/c1-6-9-16(5)13(17)11-7-8-12(15-10-11)14(2,3)4/h1,7-8,10H,9H2,2-5H3. The number of aromatic nitrogens is 1. The number of carbonyl (C=O) groups excluding carboxylic acids is 1. The number of rotatable bonds is 2. The Morgan fingerprint density at radius 3 is 2.53 bits per heavy atom. The Labute approximate surface area is 103 Å². The van der Waals surface area contributed by atoms with Gasteiger partial charge in [0.15, 0.2) is 0 Å². The molecule has 1 rings (SSSR count). The first-order valence-corrected chi connectivity index (χ1v) is 5.51. The van der Waals surface area contributed by atoms with Gasteiger partial charge in [0.25, 0.3) is 5.91 Å². The van der Waals surface area contributed by atoms with E-state index in [9.17, 15) is 4.79 Å². The maximum atomic E-state index is 11.9. The fraction of sp³-hybridized carbons (Fsp3) is 0.429. The summed E-state index contributed by atoms with van der Waals surface area (Å²) in [4.78, 5) is 17.7. The Hall–Kier alpha value is -1.82. The molecular weight excluding hydrogens is 212 g/mol. The summed E-state index contributed by atoms with van der Waals surface area (Å²) in [5.41, 5.74) is 1.52. The molecule has 0 saturated heterocycles. The fourth-order valence-corrected chi connectivity index (χ4v) is 1.39. The van der Waals surface area contributed by atoms with Gasteiger partial charge in [-0.05, 0) is 12.1 Å². The molecule has 0 aliphatic rings. The van der Waals surface area contributed by atoms with Crippen molar-refractivity contribution in [2.24, 2.45) is 0 Å². The first-order chi connectivity index (χ1) is 7.86. The molecule has 0 radical (unpaired) electrons. The minimum atomic E-state index is -0.101. The summed E-state index contributed by atoms with van der Waals surface area (Å²) >= 11 is 0. The SMILES string of the molecule is C#CCN(C)C(=O)c1ccc(C(C)(C)C)nc1.